The molecule has 464 valence electrons. The van der Waals surface area contributed by atoms with Gasteiger partial charge in [0.15, 0.2) is 0 Å². The van der Waals surface area contributed by atoms with Crippen molar-refractivity contribution in [3.05, 3.63) is 0 Å². The van der Waals surface area contributed by atoms with Crippen LogP contribution in [0.5, 0.6) is 0 Å². The molecule has 77 heteroatoms. The van der Waals surface area contributed by atoms with Crippen molar-refractivity contribution in [3.8, 4) is 0 Å². The van der Waals surface area contributed by atoms with Gasteiger partial charge in [-0.25, -0.2) is 0 Å². The Kier molecular flexibility index (Phi) is 159. The number of rotatable bonds is 0. The Morgan fingerprint density at radius 1 is 0.156 bits per heavy atom. The maximum atomic E-state index is 8.52. The molecule has 0 aromatic carbocycles. The molecule has 77 heavy (non-hydrogen) atoms. The zero-order chi connectivity index (χ0) is 58.5. The molecule has 54 nitrogen and oxygen atoms in total. The summed E-state index contributed by atoms with van der Waals surface area (Å²) in [5.41, 5.74) is 0. The molecule has 0 spiro atoms. The van der Waals surface area contributed by atoms with Gasteiger partial charge in [0, 0.05) is 135 Å². The normalized spacial score (nSPS) is 9.79. The fraction of sp³-hybridized carbons (Fsp3) is 0. The summed E-state index contributed by atoms with van der Waals surface area (Å²) < 4.78 is 443. The third-order valence-corrected chi connectivity index (χ3v) is 0. The van der Waals surface area contributed by atoms with Crippen LogP contribution in [0.1, 0.15) is 0 Å². The Morgan fingerprint density at radius 2 is 0.156 bits per heavy atom. The zero-order valence-corrected chi connectivity index (χ0v) is 54.7. The average Bonchev–Trinajstić information content (AvgIpc) is 2.54. The summed E-state index contributed by atoms with van der Waals surface area (Å²) in [6.45, 7) is 0. The van der Waals surface area contributed by atoms with E-state index < -0.39 is 135 Å². The standard InChI is InChI=1S/2Al.2Cr.2Fe.2Mg.2Ni.13H2O4S.2H2O/c;;;;;;;;;;13*1-5(2,3)4;;/h;;;;;;;;;;13*(H2,1,2,3,4);2*1H2/q6*+3;4*+2;;;;;;;;;;;;;;;/p-26. The predicted octanol–water partition coefficient (Wildman–Crippen LogP) is -20.6. The van der Waals surface area contributed by atoms with Crippen molar-refractivity contribution in [2.45, 2.75) is 0 Å². The topological polar surface area (TPSA) is 1110 Å². The van der Waals surface area contributed by atoms with Gasteiger partial charge in [-0.1, -0.05) is 0 Å². The Bertz CT molecular complexity index is 1920. The van der Waals surface area contributed by atoms with E-state index in [2.05, 4.69) is 0 Å². The van der Waals surface area contributed by atoms with Gasteiger partial charge in [0.1, 0.15) is 0 Å². The number of hydrogen-bond acceptors (Lipinski definition) is 52. The molecule has 0 fully saturated rings. The van der Waals surface area contributed by atoms with Crippen LogP contribution in [0.15, 0.2) is 0 Å². The van der Waals surface area contributed by atoms with E-state index in [-0.39, 0.29) is 194 Å². The molecule has 0 amide bonds. The van der Waals surface area contributed by atoms with Crippen LogP contribution >= 0.6 is 0 Å². The summed E-state index contributed by atoms with van der Waals surface area (Å²) in [5, 5.41) is 0. The van der Waals surface area contributed by atoms with Crippen molar-refractivity contribution in [1.82, 2.24) is 0 Å². The molecule has 0 atom stereocenters. The second-order valence-electron chi connectivity index (χ2n) is 5.31. The predicted molar refractivity (Wildman–Crippen MR) is 166 cm³/mol. The van der Waals surface area contributed by atoms with Crippen molar-refractivity contribution >= 4 is 216 Å². The van der Waals surface area contributed by atoms with Crippen LogP contribution in [0.2, 0.25) is 0 Å². The SMILES string of the molecule is O.O.O=S(=O)([O-])[O-].O=S(=O)([O-])[O-].O=S(=O)([O-])[O-].O=S(=O)([O-])[O-].O=S(=O)([O-])[O-].O=S(=O)([O-])[O-].O=S(=O)([O-])[O-].O=S(=O)([O-])[O-].O=S(=O)([O-])[O-].O=S(=O)([O-])[O-].O=S(=O)([O-])[O-].O=S(=O)([O-])[O-].O=S(=O)([O-])[O-].[Al+3].[Al+3].[Cr+3].[Cr+3].[Fe+3].[Fe+3].[Mg+2].[Mg+2].[Ni+2].[Ni+2]. The third kappa shape index (κ3) is 31600. The van der Waals surface area contributed by atoms with Gasteiger partial charge in [-0.15, -0.1) is 0 Å². The first-order valence-electron chi connectivity index (χ1n) is 8.67. The van der Waals surface area contributed by atoms with E-state index >= 15 is 0 Å². The van der Waals surface area contributed by atoms with E-state index in [1.54, 1.807) is 0 Å². The molecule has 0 aromatic heterocycles. The molecule has 0 saturated carbocycles. The smallest absolute Gasteiger partial charge is 0.759 e. The number of hydrogen-bond donors (Lipinski definition) is 0. The first-order chi connectivity index (χ1) is 26.0. The second-order valence-corrected chi connectivity index (χ2v) is 15.9. The zero-order valence-electron chi connectivity index (χ0n) is 32.3. The van der Waals surface area contributed by atoms with Crippen LogP contribution in [0.25, 0.3) is 0 Å². The van der Waals surface area contributed by atoms with Crippen molar-refractivity contribution in [1.29, 1.82) is 0 Å². The van der Waals surface area contributed by atoms with Gasteiger partial charge in [0.05, 0.1) is 0 Å². The molecule has 0 bridgehead atoms. The maximum absolute atomic E-state index is 8.52. The molecule has 0 aliphatic carbocycles. The van der Waals surface area contributed by atoms with Crippen LogP contribution in [0.4, 0.5) is 0 Å². The minimum Gasteiger partial charge on any atom is -0.759 e. The van der Waals surface area contributed by atoms with Crippen LogP contribution in [0.3, 0.4) is 0 Å². The molecule has 4 N–H and O–H groups in total. The largest absolute Gasteiger partial charge is 3.00 e. The van der Waals surface area contributed by atoms with E-state index in [0.717, 1.165) is 0 Å². The average molecular weight is 1720 g/mol. The molecule has 0 aliphatic heterocycles. The van der Waals surface area contributed by atoms with Crippen LogP contribution < -0.4 is 0 Å². The van der Waals surface area contributed by atoms with Crippen molar-refractivity contribution in [2.24, 2.45) is 0 Å². The minimum absolute atomic E-state index is 0. The first kappa shape index (κ1) is 165. The quantitative estimate of drug-likeness (QED) is 0.123. The molecular weight excluding hydrogens is 1720 g/mol. The van der Waals surface area contributed by atoms with Crippen LogP contribution in [-0.4, -0.2) is 320 Å². The van der Waals surface area contributed by atoms with Crippen molar-refractivity contribution in [3.63, 3.8) is 0 Å². The minimum atomic E-state index is -5.17. The van der Waals surface area contributed by atoms with Gasteiger partial charge in [-0.3, -0.25) is 109 Å². The fourth-order valence-electron chi connectivity index (χ4n) is 0. The summed E-state index contributed by atoms with van der Waals surface area (Å²) in [6.07, 6.45) is 0. The fourth-order valence-corrected chi connectivity index (χ4v) is 0. The van der Waals surface area contributed by atoms with E-state index in [1.807, 2.05) is 0 Å². The molecule has 0 heterocycles. The van der Waals surface area contributed by atoms with Gasteiger partial charge in [0.2, 0.25) is 0 Å². The maximum Gasteiger partial charge on any atom is 3.00 e. The van der Waals surface area contributed by atoms with Gasteiger partial charge in [-0.05, 0) is 0 Å². The summed E-state index contributed by atoms with van der Waals surface area (Å²) in [5.74, 6) is 0. The summed E-state index contributed by atoms with van der Waals surface area (Å²) >= 11 is 0. The molecule has 0 aliphatic rings. The Labute approximate surface area is 549 Å². The molecule has 0 unspecified atom stereocenters. The molecule has 0 aromatic rings. The molecular formula is H4Al2Cr2Fe2Mg2Ni2O54S13. The van der Waals surface area contributed by atoms with Gasteiger partial charge >= 0.3 is 183 Å². The summed E-state index contributed by atoms with van der Waals surface area (Å²) in [4.78, 5) is 0. The molecule has 4 radical (unpaired) electrons. The van der Waals surface area contributed by atoms with Crippen molar-refractivity contribution in [2.75, 3.05) is 0 Å². The van der Waals surface area contributed by atoms with E-state index in [4.69, 9.17) is 228 Å². The van der Waals surface area contributed by atoms with E-state index in [9.17, 15) is 0 Å². The van der Waals surface area contributed by atoms with Gasteiger partial charge in [0.25, 0.3) is 0 Å². The molecule has 0 saturated heterocycles. The first-order valence-corrected chi connectivity index (χ1v) is 26.0. The van der Waals surface area contributed by atoms with Crippen LogP contribution in [0, 0.1) is 0 Å². The summed E-state index contributed by atoms with van der Waals surface area (Å²) in [7, 11) is -67.2. The van der Waals surface area contributed by atoms with Gasteiger partial charge in [-0.2, -0.15) is 0 Å². The third-order valence-electron chi connectivity index (χ3n) is 0. The second kappa shape index (κ2) is 74.2. The Balaban J connectivity index is -0.0000000163. The Morgan fingerprint density at radius 3 is 0.156 bits per heavy atom. The Hall–Kier alpha value is 3.92. The van der Waals surface area contributed by atoms with Crippen LogP contribution in [-0.2, 0) is 237 Å². The van der Waals surface area contributed by atoms with E-state index in [0.29, 0.717) is 0 Å². The monoisotopic (exact) mass is 1720 g/mol. The molecule has 0 rings (SSSR count). The van der Waals surface area contributed by atoms with E-state index in [1.165, 1.54) is 0 Å². The van der Waals surface area contributed by atoms with Gasteiger partial charge < -0.3 is 129 Å². The summed E-state index contributed by atoms with van der Waals surface area (Å²) in [6, 6.07) is 0. The van der Waals surface area contributed by atoms with Crippen molar-refractivity contribution < 1.29 is 341 Å².